The average Bonchev–Trinajstić information content (AvgIpc) is 2.09. The van der Waals surface area contributed by atoms with E-state index >= 15 is 0 Å². The van der Waals surface area contributed by atoms with Crippen LogP contribution >= 0.6 is 12.9 Å². The molecule has 0 spiro atoms. The molecule has 6 heteroatoms. The van der Waals surface area contributed by atoms with E-state index in [1.807, 2.05) is 13.3 Å². The minimum Gasteiger partial charge on any atom is -0.772 e. The quantitative estimate of drug-likeness (QED) is 0.372. The smallest absolute Gasteiger partial charge is 0.0530 e. The molecule has 14 heavy (non-hydrogen) atoms. The summed E-state index contributed by atoms with van der Waals surface area (Å²) in [5, 5.41) is 0. The van der Waals surface area contributed by atoms with Crippen molar-refractivity contribution in [3.05, 3.63) is 6.42 Å². The zero-order valence-corrected chi connectivity index (χ0v) is 12.7. The van der Waals surface area contributed by atoms with Crippen molar-refractivity contribution in [1.82, 2.24) is 0 Å². The third kappa shape index (κ3) is 5.04. The third-order valence-corrected chi connectivity index (χ3v) is 3.64. The molecule has 1 aliphatic rings. The molecule has 0 heterocycles. The fraction of sp³-hybridized carbons (Fsp3) is 0.875. The van der Waals surface area contributed by atoms with Crippen LogP contribution in [0.5, 0.6) is 0 Å². The second-order valence-electron chi connectivity index (χ2n) is 3.75. The van der Waals surface area contributed by atoms with Crippen molar-refractivity contribution in [2.24, 2.45) is 5.92 Å². The molecule has 0 aromatic heterocycles. The van der Waals surface area contributed by atoms with E-state index in [1.54, 1.807) is 0 Å². The molecule has 1 radical (unpaired) electrons. The molecule has 0 aromatic rings. The van der Waals surface area contributed by atoms with Gasteiger partial charge in [-0.05, 0) is 32.0 Å². The van der Waals surface area contributed by atoms with Crippen LogP contribution in [-0.2, 0) is 48.0 Å². The summed E-state index contributed by atoms with van der Waals surface area (Å²) in [5.74, 6) is 0.428. The van der Waals surface area contributed by atoms with Gasteiger partial charge in [-0.2, -0.15) is 5.92 Å². The van der Waals surface area contributed by atoms with Crippen LogP contribution in [0.4, 0.5) is 0 Å². The van der Waals surface area contributed by atoms with Gasteiger partial charge < -0.3 is 15.2 Å². The first-order valence-electron chi connectivity index (χ1n) is 4.27. The van der Waals surface area contributed by atoms with Gasteiger partial charge in [0.1, 0.15) is 0 Å². The van der Waals surface area contributed by atoms with Gasteiger partial charge in [0.15, 0.2) is 0 Å². The molecular weight excluding hydrogens is 297 g/mol. The first-order valence-corrected chi connectivity index (χ1v) is 5.88. The summed E-state index contributed by atoms with van der Waals surface area (Å²) in [5.41, 5.74) is -0.204. The van der Waals surface area contributed by atoms with E-state index in [-0.39, 0.29) is 50.0 Å². The van der Waals surface area contributed by atoms with Crippen molar-refractivity contribution in [3.8, 4) is 0 Å². The Bertz CT molecular complexity index is 193. The monoisotopic (exact) mass is 311 g/mol. The van der Waals surface area contributed by atoms with E-state index in [1.165, 1.54) is 0 Å². The van der Waals surface area contributed by atoms with Gasteiger partial charge in [0.05, 0.1) is 5.60 Å². The van der Waals surface area contributed by atoms with E-state index in [0.717, 1.165) is 19.3 Å². The first-order chi connectivity index (χ1) is 6.06. The van der Waals surface area contributed by atoms with E-state index in [2.05, 4.69) is 12.9 Å². The summed E-state index contributed by atoms with van der Waals surface area (Å²) >= 11 is 1.88. The summed E-state index contributed by atoms with van der Waals surface area (Å²) in [4.78, 5) is 0. The van der Waals surface area contributed by atoms with Gasteiger partial charge in [-0.15, -0.1) is 6.42 Å². The topological polar surface area (TPSA) is 49.4 Å². The van der Waals surface area contributed by atoms with E-state index in [9.17, 15) is 8.76 Å². The molecule has 1 rings (SSSR count). The molecule has 0 aliphatic heterocycles. The Balaban J connectivity index is 0.00000169. The van der Waals surface area contributed by atoms with Gasteiger partial charge in [-0.25, -0.2) is 0 Å². The van der Waals surface area contributed by atoms with Crippen LogP contribution in [0.2, 0.25) is 0 Å². The van der Waals surface area contributed by atoms with Crippen LogP contribution in [0.25, 0.3) is 0 Å². The van der Waals surface area contributed by atoms with Gasteiger partial charge in [0, 0.05) is 32.7 Å². The molecule has 3 unspecified atom stereocenters. The number of thiol groups is 1. The molecule has 3 nitrogen and oxygen atoms in total. The van der Waals surface area contributed by atoms with Crippen molar-refractivity contribution >= 4 is 24.0 Å². The maximum Gasteiger partial charge on any atom is 0.0530 e. The predicted octanol–water partition coefficient (Wildman–Crippen LogP) is 1.49. The van der Waals surface area contributed by atoms with Crippen molar-refractivity contribution in [3.63, 3.8) is 0 Å². The largest absolute Gasteiger partial charge is 0.772 e. The van der Waals surface area contributed by atoms with Crippen molar-refractivity contribution in [2.45, 2.75) is 31.8 Å². The molecule has 0 N–H and O–H groups in total. The second-order valence-corrected chi connectivity index (χ2v) is 4.87. The second kappa shape index (κ2) is 6.97. The normalized spacial score (nSPS) is 34.6. The van der Waals surface area contributed by atoms with Crippen LogP contribution in [-0.4, -0.2) is 20.1 Å². The van der Waals surface area contributed by atoms with Crippen LogP contribution in [0.3, 0.4) is 0 Å². The summed E-state index contributed by atoms with van der Waals surface area (Å²) in [6, 6.07) is 0. The summed E-state index contributed by atoms with van der Waals surface area (Å²) < 4.78 is 25.9. The van der Waals surface area contributed by atoms with E-state index in [0.29, 0.717) is 0 Å². The van der Waals surface area contributed by atoms with Crippen LogP contribution < -0.4 is 0 Å². The van der Waals surface area contributed by atoms with Crippen molar-refractivity contribution in [2.75, 3.05) is 5.75 Å². The molecule has 0 saturated heterocycles. The molecule has 0 bridgehead atoms. The van der Waals surface area contributed by atoms with Crippen molar-refractivity contribution < 1.29 is 45.7 Å². The fourth-order valence-electron chi connectivity index (χ4n) is 1.54. The Morgan fingerprint density at radius 2 is 2.43 bits per heavy atom. The predicted molar refractivity (Wildman–Crippen MR) is 53.9 cm³/mol. The molecule has 1 fully saturated rings. The Labute approximate surface area is 119 Å². The first kappa shape index (κ1) is 15.5. The molecule has 0 amide bonds. The maximum atomic E-state index is 10.4. The summed E-state index contributed by atoms with van der Waals surface area (Å²) in [7, 11) is 0. The zero-order chi connectivity index (χ0) is 9.90. The van der Waals surface area contributed by atoms with Crippen LogP contribution in [0.15, 0.2) is 0 Å². The van der Waals surface area contributed by atoms with Crippen molar-refractivity contribution in [1.29, 1.82) is 0 Å². The summed E-state index contributed by atoms with van der Waals surface area (Å²) in [6.45, 7) is 1.99. The van der Waals surface area contributed by atoms with Gasteiger partial charge >= 0.3 is 0 Å². The number of rotatable bonds is 3. The minimum atomic E-state index is -1.93. The van der Waals surface area contributed by atoms with E-state index < -0.39 is 11.1 Å². The molecule has 81 valence electrons. The Morgan fingerprint density at radius 1 is 1.79 bits per heavy atom. The molecule has 1 aliphatic carbocycles. The third-order valence-electron chi connectivity index (χ3n) is 2.50. The number of hydrogen-bond acceptors (Lipinski definition) is 4. The molecule has 1 saturated carbocycles. The Kier molecular flexibility index (Phi) is 7.73. The van der Waals surface area contributed by atoms with Crippen LogP contribution in [0.1, 0.15) is 26.2 Å². The van der Waals surface area contributed by atoms with E-state index in [4.69, 9.17) is 4.18 Å². The Hall–Kier alpha value is 1.52. The summed E-state index contributed by atoms with van der Waals surface area (Å²) in [6.07, 6.45) is 4.54. The van der Waals surface area contributed by atoms with Crippen LogP contribution in [0, 0.1) is 12.3 Å². The van der Waals surface area contributed by atoms with Gasteiger partial charge in [0.25, 0.3) is 0 Å². The van der Waals surface area contributed by atoms with Gasteiger partial charge in [-0.1, -0.05) is 17.5 Å². The minimum absolute atomic E-state index is 0. The molecular formula is C8H14O3S2Y-2. The SMILES string of the molecule is CC1(OS)C[CH-]C(CS(=O)[O-])CC1.[Y]. The van der Waals surface area contributed by atoms with Gasteiger partial charge in [0.2, 0.25) is 0 Å². The fourth-order valence-corrected chi connectivity index (χ4v) is 2.35. The number of hydrogen-bond donors (Lipinski definition) is 1. The zero-order valence-electron chi connectivity index (χ0n) is 8.14. The molecule has 3 atom stereocenters. The molecule has 0 aromatic carbocycles. The standard InChI is InChI=1S/C8H15O3S2.Y/c1-8(11-12)4-2-7(3-5-8)6-13(9)10;/h2,7,12H,3-6H2,1H3,(H,9,10);/q-1;/p-1. The average molecular weight is 311 g/mol. The Morgan fingerprint density at radius 3 is 2.79 bits per heavy atom. The maximum absolute atomic E-state index is 10.4. The van der Waals surface area contributed by atoms with Gasteiger partial charge in [-0.3, -0.25) is 4.21 Å².